The van der Waals surface area contributed by atoms with E-state index in [9.17, 15) is 9.18 Å². The van der Waals surface area contributed by atoms with Crippen molar-refractivity contribution >= 4 is 24.0 Å². The number of aryl methyl sites for hydroxylation is 1. The number of nitrogens with zero attached hydrogens (tertiary/aromatic N) is 4. The normalized spacial score (nSPS) is 16.0. The molecule has 0 radical (unpaired) electrons. The largest absolute Gasteiger partial charge is 0.312 e. The third kappa shape index (κ3) is 3.45. The molecule has 0 bridgehead atoms. The summed E-state index contributed by atoms with van der Waals surface area (Å²) in [6.07, 6.45) is 5.99. The maximum Gasteiger partial charge on any atom is 0.229 e. The van der Waals surface area contributed by atoms with Gasteiger partial charge in [-0.15, -0.1) is 0 Å². The van der Waals surface area contributed by atoms with Gasteiger partial charge in [0.05, 0.1) is 23.8 Å². The first-order valence-corrected chi connectivity index (χ1v) is 6.78. The van der Waals surface area contributed by atoms with Crippen LogP contribution in [0, 0.1) is 12.8 Å². The van der Waals surface area contributed by atoms with Crippen molar-refractivity contribution in [3.8, 4) is 0 Å². The Labute approximate surface area is 123 Å². The summed E-state index contributed by atoms with van der Waals surface area (Å²) in [4.78, 5) is 17.1. The van der Waals surface area contributed by atoms with Crippen LogP contribution in [0.4, 0.5) is 10.1 Å². The molecule has 0 aromatic carbocycles. The Bertz CT molecular complexity index is 626. The van der Waals surface area contributed by atoms with Crippen molar-refractivity contribution in [1.82, 2.24) is 9.78 Å². The molecule has 21 heavy (non-hydrogen) atoms. The van der Waals surface area contributed by atoms with E-state index in [0.717, 1.165) is 30.4 Å². The van der Waals surface area contributed by atoms with Gasteiger partial charge in [-0.05, 0) is 39.5 Å². The fourth-order valence-corrected chi connectivity index (χ4v) is 2.07. The summed E-state index contributed by atoms with van der Waals surface area (Å²) in [6.45, 7) is 6.76. The molecule has 0 spiro atoms. The fourth-order valence-electron chi connectivity index (χ4n) is 2.07. The van der Waals surface area contributed by atoms with Crippen molar-refractivity contribution in [1.29, 1.82) is 0 Å². The minimum Gasteiger partial charge on any atom is -0.312 e. The highest BCUT2D eigenvalue weighted by atomic mass is 19.1. The first-order valence-electron chi connectivity index (χ1n) is 6.78. The van der Waals surface area contributed by atoms with E-state index in [2.05, 4.69) is 16.8 Å². The van der Waals surface area contributed by atoms with Gasteiger partial charge in [0, 0.05) is 18.7 Å². The van der Waals surface area contributed by atoms with Crippen LogP contribution in [-0.4, -0.2) is 29.5 Å². The summed E-state index contributed by atoms with van der Waals surface area (Å²) in [5.74, 6) is -0.241. The zero-order chi connectivity index (χ0) is 15.6. The molecule has 0 saturated heterocycles. The van der Waals surface area contributed by atoms with E-state index in [1.165, 1.54) is 6.08 Å². The summed E-state index contributed by atoms with van der Waals surface area (Å²) in [5, 5.41) is 4.32. The van der Waals surface area contributed by atoms with Crippen molar-refractivity contribution in [2.45, 2.75) is 26.7 Å². The average Bonchev–Trinajstić information content (AvgIpc) is 3.20. The maximum atomic E-state index is 13.4. The second kappa shape index (κ2) is 6.03. The van der Waals surface area contributed by atoms with Gasteiger partial charge < -0.3 is 4.90 Å². The topological polar surface area (TPSA) is 50.5 Å². The number of carbonyl (C=O) groups excluding carboxylic acids is 1. The number of amides is 1. The number of allylic oxidation sites excluding steroid dienone is 3. The molecular formula is C15H19FN4O. The Morgan fingerprint density at radius 1 is 1.62 bits per heavy atom. The van der Waals surface area contributed by atoms with Crippen molar-refractivity contribution in [2.24, 2.45) is 10.9 Å². The molecule has 2 rings (SSSR count). The Morgan fingerprint density at radius 3 is 2.86 bits per heavy atom. The monoisotopic (exact) mass is 290 g/mol. The molecule has 5 nitrogen and oxygen atoms in total. The highest BCUT2D eigenvalue weighted by Crippen LogP contribution is 2.33. The van der Waals surface area contributed by atoms with Crippen LogP contribution in [0.5, 0.6) is 0 Å². The van der Waals surface area contributed by atoms with Crippen LogP contribution < -0.4 is 4.90 Å². The molecule has 0 unspecified atom stereocenters. The van der Waals surface area contributed by atoms with E-state index < -0.39 is 5.83 Å². The average molecular weight is 290 g/mol. The third-order valence-corrected chi connectivity index (χ3v) is 3.41. The van der Waals surface area contributed by atoms with Gasteiger partial charge in [0.1, 0.15) is 5.83 Å². The van der Waals surface area contributed by atoms with E-state index in [4.69, 9.17) is 0 Å². The molecule has 1 aliphatic carbocycles. The van der Waals surface area contributed by atoms with Gasteiger partial charge >= 0.3 is 0 Å². The van der Waals surface area contributed by atoms with Crippen LogP contribution in [0.3, 0.4) is 0 Å². The number of hydrogen-bond donors (Lipinski definition) is 0. The first-order chi connectivity index (χ1) is 9.93. The molecule has 1 aliphatic rings. The number of rotatable bonds is 5. The van der Waals surface area contributed by atoms with E-state index in [0.29, 0.717) is 5.70 Å². The lowest BCUT2D eigenvalue weighted by atomic mass is 10.3. The van der Waals surface area contributed by atoms with Crippen LogP contribution in [0.25, 0.3) is 5.70 Å². The lowest BCUT2D eigenvalue weighted by molar-refractivity contribution is -0.119. The Morgan fingerprint density at radius 2 is 2.29 bits per heavy atom. The molecule has 1 saturated carbocycles. The number of halogens is 1. The highest BCUT2D eigenvalue weighted by molar-refractivity contribution is 5.96. The highest BCUT2D eigenvalue weighted by Gasteiger charge is 2.33. The fraction of sp³-hybridized carbons (Fsp3) is 0.400. The molecule has 0 aliphatic heterocycles. The van der Waals surface area contributed by atoms with E-state index >= 15 is 0 Å². The molecule has 1 aromatic rings. The Kier molecular flexibility index (Phi) is 4.35. The predicted molar refractivity (Wildman–Crippen MR) is 81.8 cm³/mol. The number of anilines is 1. The first kappa shape index (κ1) is 15.2. The summed E-state index contributed by atoms with van der Waals surface area (Å²) in [7, 11) is 1.75. The quantitative estimate of drug-likeness (QED) is 0.618. The number of hydrogen-bond acceptors (Lipinski definition) is 3. The SMILES string of the molecule is C=N/C=C(F)\C=C(/C)n1cc(N(C)C(=O)C2CC2)c(C)n1. The van der Waals surface area contributed by atoms with Crippen molar-refractivity contribution in [3.05, 3.63) is 30.0 Å². The molecule has 1 fully saturated rings. The minimum atomic E-state index is -0.500. The summed E-state index contributed by atoms with van der Waals surface area (Å²) in [5.41, 5.74) is 2.06. The van der Waals surface area contributed by atoms with E-state index in [1.807, 2.05) is 6.92 Å². The van der Waals surface area contributed by atoms with Crippen LogP contribution >= 0.6 is 0 Å². The van der Waals surface area contributed by atoms with Crippen LogP contribution in [0.2, 0.25) is 0 Å². The third-order valence-electron chi connectivity index (χ3n) is 3.41. The predicted octanol–water partition coefficient (Wildman–Crippen LogP) is 2.94. The lowest BCUT2D eigenvalue weighted by Crippen LogP contribution is -2.27. The van der Waals surface area contributed by atoms with Gasteiger partial charge in [0.2, 0.25) is 5.91 Å². The van der Waals surface area contributed by atoms with Crippen LogP contribution in [-0.2, 0) is 4.79 Å². The number of aliphatic imine (C=N–C) groups is 1. The maximum absolute atomic E-state index is 13.4. The molecule has 1 heterocycles. The minimum absolute atomic E-state index is 0.112. The molecule has 6 heteroatoms. The van der Waals surface area contributed by atoms with Gasteiger partial charge in [-0.25, -0.2) is 9.07 Å². The molecule has 0 atom stereocenters. The molecular weight excluding hydrogens is 271 g/mol. The second-order valence-corrected chi connectivity index (χ2v) is 5.20. The summed E-state index contributed by atoms with van der Waals surface area (Å²) in [6, 6.07) is 0. The Balaban J connectivity index is 2.24. The van der Waals surface area contributed by atoms with Crippen LogP contribution in [0.15, 0.2) is 29.3 Å². The van der Waals surface area contributed by atoms with Gasteiger partial charge in [0.25, 0.3) is 0 Å². The van der Waals surface area contributed by atoms with Gasteiger partial charge in [0.15, 0.2) is 0 Å². The standard InChI is InChI=1S/C15H19FN4O/c1-10(7-13(16)8-17-3)20-9-14(11(2)18-20)19(4)15(21)12-5-6-12/h7-9,12H,3,5-6H2,1-2,4H3/b10-7+,13-8+. The summed E-state index contributed by atoms with van der Waals surface area (Å²) < 4.78 is 14.9. The Hall–Kier alpha value is -2.24. The smallest absolute Gasteiger partial charge is 0.229 e. The van der Waals surface area contributed by atoms with Crippen LogP contribution in [0.1, 0.15) is 25.5 Å². The molecule has 0 N–H and O–H groups in total. The second-order valence-electron chi connectivity index (χ2n) is 5.20. The lowest BCUT2D eigenvalue weighted by Gasteiger charge is -2.15. The van der Waals surface area contributed by atoms with Crippen molar-refractivity contribution < 1.29 is 9.18 Å². The van der Waals surface area contributed by atoms with E-state index in [-0.39, 0.29) is 11.8 Å². The van der Waals surface area contributed by atoms with Gasteiger partial charge in [-0.1, -0.05) is 0 Å². The zero-order valence-electron chi connectivity index (χ0n) is 12.5. The van der Waals surface area contributed by atoms with Gasteiger partial charge in [-0.3, -0.25) is 9.79 Å². The van der Waals surface area contributed by atoms with Gasteiger partial charge in [-0.2, -0.15) is 5.10 Å². The molecule has 112 valence electrons. The molecule has 1 aromatic heterocycles. The van der Waals surface area contributed by atoms with Crippen molar-refractivity contribution in [3.63, 3.8) is 0 Å². The van der Waals surface area contributed by atoms with E-state index in [1.54, 1.807) is 29.7 Å². The molecule has 1 amide bonds. The number of aromatic nitrogens is 2. The van der Waals surface area contributed by atoms with Crippen molar-refractivity contribution in [2.75, 3.05) is 11.9 Å². The summed E-state index contributed by atoms with van der Waals surface area (Å²) >= 11 is 0. The number of carbonyl (C=O) groups is 1. The zero-order valence-corrected chi connectivity index (χ0v) is 12.5.